The number of Topliss-reactive ketones (excluding diaryl/α,β-unsaturated/α-hetero) is 1. The molecule has 1 aromatic rings. The van der Waals surface area contributed by atoms with Gasteiger partial charge >= 0.3 is 0 Å². The van der Waals surface area contributed by atoms with Gasteiger partial charge in [0.1, 0.15) is 5.78 Å². The van der Waals surface area contributed by atoms with Crippen molar-refractivity contribution < 1.29 is 9.59 Å². The average molecular weight is 403 g/mol. The Labute approximate surface area is 156 Å². The minimum Gasteiger partial charge on any atom is -0.299 e. The van der Waals surface area contributed by atoms with E-state index in [0.29, 0.717) is 6.42 Å². The van der Waals surface area contributed by atoms with E-state index in [1.54, 1.807) is 0 Å². The second-order valence-corrected chi connectivity index (χ2v) is 9.36. The van der Waals surface area contributed by atoms with Crippen LogP contribution in [0.15, 0.2) is 33.8 Å². The zero-order valence-corrected chi connectivity index (χ0v) is 16.4. The quantitative estimate of drug-likeness (QED) is 0.814. The van der Waals surface area contributed by atoms with Crippen LogP contribution >= 0.6 is 15.9 Å². The fourth-order valence-electron chi connectivity index (χ4n) is 5.29. The number of fused-ring (bicyclic) bond motifs is 2. The second-order valence-electron chi connectivity index (χ2n) is 8.44. The van der Waals surface area contributed by atoms with Gasteiger partial charge in [0.15, 0.2) is 0 Å². The molecule has 2 fully saturated rings. The van der Waals surface area contributed by atoms with Gasteiger partial charge in [-0.3, -0.25) is 9.59 Å². The number of carbonyl (C=O) groups is 2. The van der Waals surface area contributed by atoms with Crippen LogP contribution in [-0.2, 0) is 9.59 Å². The average Bonchev–Trinajstić information content (AvgIpc) is 2.89. The summed E-state index contributed by atoms with van der Waals surface area (Å²) >= 11 is 3.44. The first-order valence-electron chi connectivity index (χ1n) is 8.92. The number of nitrogens with one attached hydrogen (secondary N) is 1. The van der Waals surface area contributed by atoms with Gasteiger partial charge in [-0.05, 0) is 41.9 Å². The van der Waals surface area contributed by atoms with E-state index in [4.69, 9.17) is 0 Å². The molecule has 0 aromatic heterocycles. The number of amides is 1. The molecule has 1 aliphatic heterocycles. The molecule has 2 saturated carbocycles. The van der Waals surface area contributed by atoms with Crippen molar-refractivity contribution in [1.82, 2.24) is 5.43 Å². The molecular weight excluding hydrogens is 380 g/mol. The van der Waals surface area contributed by atoms with Crippen LogP contribution in [0.4, 0.5) is 0 Å². The summed E-state index contributed by atoms with van der Waals surface area (Å²) in [5.74, 6) is -0.0353. The van der Waals surface area contributed by atoms with Gasteiger partial charge in [-0.2, -0.15) is 5.10 Å². The number of benzene rings is 1. The number of hydrogen-bond acceptors (Lipinski definition) is 3. The molecule has 132 valence electrons. The van der Waals surface area contributed by atoms with Crippen LogP contribution in [-0.4, -0.2) is 17.4 Å². The van der Waals surface area contributed by atoms with E-state index in [9.17, 15) is 9.59 Å². The molecule has 3 unspecified atom stereocenters. The molecule has 4 atom stereocenters. The summed E-state index contributed by atoms with van der Waals surface area (Å²) in [6, 6.07) is 7.92. The van der Waals surface area contributed by atoms with E-state index in [0.717, 1.165) is 28.6 Å². The number of ketones is 1. The third-order valence-electron chi connectivity index (χ3n) is 7.25. The van der Waals surface area contributed by atoms with Crippen LogP contribution in [0.3, 0.4) is 0 Å². The summed E-state index contributed by atoms with van der Waals surface area (Å²) in [6.45, 7) is 6.50. The molecule has 0 spiro atoms. The highest BCUT2D eigenvalue weighted by atomic mass is 79.9. The van der Waals surface area contributed by atoms with Gasteiger partial charge in [0.2, 0.25) is 5.91 Å². The van der Waals surface area contributed by atoms with E-state index in [-0.39, 0.29) is 40.3 Å². The zero-order chi connectivity index (χ0) is 18.0. The van der Waals surface area contributed by atoms with Crippen LogP contribution in [0.2, 0.25) is 0 Å². The van der Waals surface area contributed by atoms with Gasteiger partial charge in [-0.15, -0.1) is 0 Å². The maximum Gasteiger partial charge on any atom is 0.244 e. The highest BCUT2D eigenvalue weighted by Crippen LogP contribution is 2.67. The lowest BCUT2D eigenvalue weighted by atomic mass is 9.70. The van der Waals surface area contributed by atoms with E-state index >= 15 is 0 Å². The third-order valence-corrected chi connectivity index (χ3v) is 7.78. The number of carbonyl (C=O) groups excluding carboxylic acids is 2. The maximum absolute atomic E-state index is 13.2. The normalized spacial score (nSPS) is 36.3. The number of hydrazone groups is 1. The maximum atomic E-state index is 13.2. The summed E-state index contributed by atoms with van der Waals surface area (Å²) in [6.07, 6.45) is 2.52. The second kappa shape index (κ2) is 5.50. The Morgan fingerprint density at radius 2 is 1.84 bits per heavy atom. The molecular formula is C20H23BrN2O2. The van der Waals surface area contributed by atoms with Crippen molar-refractivity contribution >= 4 is 33.3 Å². The SMILES string of the molecule is CC12CCC(C([C@H]3CC(c4ccc(Br)cc4)=NNC3=O)C1=O)C2(C)C. The Morgan fingerprint density at radius 1 is 1.16 bits per heavy atom. The first-order chi connectivity index (χ1) is 11.8. The molecule has 4 nitrogen and oxygen atoms in total. The summed E-state index contributed by atoms with van der Waals surface area (Å²) in [5.41, 5.74) is 4.19. The summed E-state index contributed by atoms with van der Waals surface area (Å²) < 4.78 is 1.01. The van der Waals surface area contributed by atoms with Gasteiger partial charge in [-0.25, -0.2) is 5.43 Å². The van der Waals surface area contributed by atoms with Gasteiger partial charge < -0.3 is 0 Å². The number of hydrogen-bond donors (Lipinski definition) is 1. The van der Waals surface area contributed by atoms with E-state index in [1.807, 2.05) is 24.3 Å². The van der Waals surface area contributed by atoms with Gasteiger partial charge in [0.25, 0.3) is 0 Å². The van der Waals surface area contributed by atoms with Crippen LogP contribution in [0, 0.1) is 28.6 Å². The van der Waals surface area contributed by atoms with Crippen molar-refractivity contribution in [1.29, 1.82) is 0 Å². The lowest BCUT2D eigenvalue weighted by Gasteiger charge is -2.32. The number of rotatable bonds is 2. The van der Waals surface area contributed by atoms with Crippen molar-refractivity contribution in [3.8, 4) is 0 Å². The highest BCUT2D eigenvalue weighted by molar-refractivity contribution is 9.10. The lowest BCUT2D eigenvalue weighted by Crippen LogP contribution is -2.44. The van der Waals surface area contributed by atoms with E-state index in [2.05, 4.69) is 47.2 Å². The summed E-state index contributed by atoms with van der Waals surface area (Å²) in [5, 5.41) is 4.26. The van der Waals surface area contributed by atoms with Gasteiger partial charge in [0, 0.05) is 22.2 Å². The Hall–Kier alpha value is -1.49. The molecule has 0 radical (unpaired) electrons. The molecule has 1 N–H and O–H groups in total. The predicted octanol–water partition coefficient (Wildman–Crippen LogP) is 3.93. The standard InChI is InChI=1S/C20H23BrN2O2/c1-19(2)14-8-9-20(19,3)17(24)16(14)13-10-15(22-23-18(13)25)11-4-6-12(21)7-5-11/h4-7,13-14,16H,8-10H2,1-3H3,(H,23,25)/t13-,14?,16?,20?/m1/s1. The largest absolute Gasteiger partial charge is 0.299 e. The zero-order valence-electron chi connectivity index (χ0n) is 14.8. The predicted molar refractivity (Wildman–Crippen MR) is 100 cm³/mol. The Morgan fingerprint density at radius 3 is 2.44 bits per heavy atom. The van der Waals surface area contributed by atoms with E-state index < -0.39 is 0 Å². The molecule has 4 rings (SSSR count). The van der Waals surface area contributed by atoms with Crippen molar-refractivity contribution in [2.24, 2.45) is 33.7 Å². The molecule has 2 aliphatic carbocycles. The Balaban J connectivity index is 1.65. The molecule has 1 amide bonds. The third kappa shape index (κ3) is 2.28. The molecule has 1 heterocycles. The molecule has 5 heteroatoms. The smallest absolute Gasteiger partial charge is 0.244 e. The van der Waals surface area contributed by atoms with Gasteiger partial charge in [0.05, 0.1) is 11.6 Å². The highest BCUT2D eigenvalue weighted by Gasteiger charge is 2.68. The summed E-state index contributed by atoms with van der Waals surface area (Å²) in [4.78, 5) is 25.8. The number of halogens is 1. The van der Waals surface area contributed by atoms with E-state index in [1.165, 1.54) is 0 Å². The Kier molecular flexibility index (Phi) is 3.73. The first-order valence-corrected chi connectivity index (χ1v) is 9.72. The lowest BCUT2D eigenvalue weighted by molar-refractivity contribution is -0.138. The fraction of sp³-hybridized carbons (Fsp3) is 0.550. The van der Waals surface area contributed by atoms with Crippen LogP contribution in [0.1, 0.15) is 45.6 Å². The van der Waals surface area contributed by atoms with Crippen LogP contribution in [0.25, 0.3) is 0 Å². The first kappa shape index (κ1) is 17.0. The monoisotopic (exact) mass is 402 g/mol. The van der Waals surface area contributed by atoms with Crippen molar-refractivity contribution in [3.05, 3.63) is 34.3 Å². The minimum atomic E-state index is -0.310. The van der Waals surface area contributed by atoms with Crippen molar-refractivity contribution in [2.45, 2.75) is 40.0 Å². The van der Waals surface area contributed by atoms with Crippen LogP contribution in [0.5, 0.6) is 0 Å². The Bertz CT molecular complexity index is 783. The summed E-state index contributed by atoms with van der Waals surface area (Å²) in [7, 11) is 0. The van der Waals surface area contributed by atoms with Gasteiger partial charge in [-0.1, -0.05) is 48.8 Å². The minimum absolute atomic E-state index is 0.0403. The molecule has 0 saturated heterocycles. The fourth-order valence-corrected chi connectivity index (χ4v) is 5.55. The molecule has 1 aromatic carbocycles. The van der Waals surface area contributed by atoms with Crippen molar-refractivity contribution in [2.75, 3.05) is 0 Å². The van der Waals surface area contributed by atoms with Crippen LogP contribution < -0.4 is 5.43 Å². The molecule has 2 bridgehead atoms. The topological polar surface area (TPSA) is 58.5 Å². The number of nitrogens with zero attached hydrogens (tertiary/aromatic N) is 1. The van der Waals surface area contributed by atoms with Crippen molar-refractivity contribution in [3.63, 3.8) is 0 Å². The molecule has 3 aliphatic rings. The molecule has 25 heavy (non-hydrogen) atoms.